The number of likely N-dealkylation sites (tertiary alicyclic amines) is 1. The third-order valence-electron chi connectivity index (χ3n) is 7.60. The van der Waals surface area contributed by atoms with Crippen molar-refractivity contribution in [3.63, 3.8) is 0 Å². The number of piperidine rings is 1. The molecule has 0 spiro atoms. The molecule has 0 amide bonds. The van der Waals surface area contributed by atoms with Crippen LogP contribution in [0.2, 0.25) is 0 Å². The number of aliphatic hydroxyl groups is 1. The number of fused-ring (bicyclic) bond motifs is 1. The first-order valence-electron chi connectivity index (χ1n) is 12.1. The zero-order chi connectivity index (χ0) is 22.5. The molecule has 6 heteroatoms. The van der Waals surface area contributed by atoms with Gasteiger partial charge in [0.25, 0.3) is 0 Å². The summed E-state index contributed by atoms with van der Waals surface area (Å²) in [5.41, 5.74) is 1.74. The van der Waals surface area contributed by atoms with Crippen molar-refractivity contribution in [2.24, 2.45) is 17.8 Å². The van der Waals surface area contributed by atoms with Gasteiger partial charge in [0.2, 0.25) is 0 Å². The number of nitrogens with zero attached hydrogens (tertiary/aromatic N) is 2. The first kappa shape index (κ1) is 23.0. The average molecular weight is 441 g/mol. The van der Waals surface area contributed by atoms with Gasteiger partial charge in [0.15, 0.2) is 0 Å². The van der Waals surface area contributed by atoms with Crippen LogP contribution < -0.4 is 4.74 Å². The molecule has 2 N–H and O–H groups in total. The van der Waals surface area contributed by atoms with Gasteiger partial charge in [-0.25, -0.2) is 0 Å². The molecule has 1 saturated carbocycles. The Morgan fingerprint density at radius 1 is 1.22 bits per heavy atom. The topological polar surface area (TPSA) is 82.9 Å². The molecule has 2 aliphatic rings. The molecular formula is C26H36N2O4. The summed E-state index contributed by atoms with van der Waals surface area (Å²) in [6.45, 7) is 3.26. The van der Waals surface area contributed by atoms with E-state index in [4.69, 9.17) is 4.74 Å². The molecule has 0 bridgehead atoms. The maximum atomic E-state index is 11.2. The second-order valence-electron chi connectivity index (χ2n) is 9.67. The molecule has 2 heterocycles. The van der Waals surface area contributed by atoms with Gasteiger partial charge in [-0.3, -0.25) is 9.78 Å². The fourth-order valence-corrected chi connectivity index (χ4v) is 5.47. The maximum absolute atomic E-state index is 11.2. The molecule has 2 fully saturated rings. The Balaban J connectivity index is 1.40. The van der Waals surface area contributed by atoms with E-state index < -0.39 is 12.1 Å². The van der Waals surface area contributed by atoms with Gasteiger partial charge in [0.1, 0.15) is 5.75 Å². The van der Waals surface area contributed by atoms with Gasteiger partial charge in [0, 0.05) is 31.1 Å². The lowest BCUT2D eigenvalue weighted by molar-refractivity contribution is -0.137. The summed E-state index contributed by atoms with van der Waals surface area (Å²) >= 11 is 0. The summed E-state index contributed by atoms with van der Waals surface area (Å²) in [5.74, 6) is 1.74. The summed E-state index contributed by atoms with van der Waals surface area (Å²) in [7, 11) is 1.64. The molecule has 2 aromatic rings. The van der Waals surface area contributed by atoms with Crippen LogP contribution in [0.3, 0.4) is 0 Å². The minimum absolute atomic E-state index is 0.232. The van der Waals surface area contributed by atoms with E-state index >= 15 is 0 Å². The standard InChI is InChI=1S/C26H36N2O4/c1-32-21-7-8-24-23(15-21)22(11-13-27-24)25(29)9-5-19-12-14-28(16-18-3-2-4-18)17-20(19)6-10-26(30)31/h7-8,11,13,15,18-20,25,29H,2-6,9-10,12,14,16-17H2,1H3,(H,30,31)/t19-,20-,25-/m1/s1. The average Bonchev–Trinajstić information content (AvgIpc) is 2.78. The van der Waals surface area contributed by atoms with E-state index in [0.29, 0.717) is 18.3 Å². The summed E-state index contributed by atoms with van der Waals surface area (Å²) < 4.78 is 5.36. The van der Waals surface area contributed by atoms with Crippen LogP contribution in [0.15, 0.2) is 30.5 Å². The molecule has 3 atom stereocenters. The molecule has 1 aliphatic heterocycles. The zero-order valence-electron chi connectivity index (χ0n) is 19.1. The number of hydrogen-bond acceptors (Lipinski definition) is 5. The highest BCUT2D eigenvalue weighted by Crippen LogP contribution is 2.36. The summed E-state index contributed by atoms with van der Waals surface area (Å²) in [5, 5.41) is 21.2. The van der Waals surface area contributed by atoms with Crippen LogP contribution >= 0.6 is 0 Å². The SMILES string of the molecule is COc1ccc2nccc([C@H](O)CC[C@@H]3CCN(CC4CCC4)C[C@H]3CCC(=O)O)c2c1. The minimum atomic E-state index is -0.711. The first-order valence-corrected chi connectivity index (χ1v) is 12.1. The number of ether oxygens (including phenoxy) is 1. The van der Waals surface area contributed by atoms with Gasteiger partial charge in [-0.15, -0.1) is 0 Å². The highest BCUT2D eigenvalue weighted by Gasteiger charge is 2.32. The van der Waals surface area contributed by atoms with Crippen LogP contribution in [-0.2, 0) is 4.79 Å². The predicted molar refractivity (Wildman–Crippen MR) is 125 cm³/mol. The Labute approximate surface area is 190 Å². The molecule has 0 radical (unpaired) electrons. The zero-order valence-corrected chi connectivity index (χ0v) is 19.1. The molecule has 6 nitrogen and oxygen atoms in total. The van der Waals surface area contributed by atoms with Crippen LogP contribution in [0.4, 0.5) is 0 Å². The van der Waals surface area contributed by atoms with Crippen LogP contribution in [0.1, 0.15) is 63.0 Å². The summed E-state index contributed by atoms with van der Waals surface area (Å²) in [4.78, 5) is 18.2. The number of pyridine rings is 1. The van der Waals surface area contributed by atoms with Crippen molar-refractivity contribution < 1.29 is 19.7 Å². The minimum Gasteiger partial charge on any atom is -0.497 e. The van der Waals surface area contributed by atoms with E-state index in [-0.39, 0.29) is 6.42 Å². The lowest BCUT2D eigenvalue weighted by Crippen LogP contribution is -2.43. The molecule has 1 saturated heterocycles. The van der Waals surface area contributed by atoms with E-state index in [9.17, 15) is 15.0 Å². The van der Waals surface area contributed by atoms with E-state index in [1.807, 2.05) is 24.3 Å². The largest absolute Gasteiger partial charge is 0.497 e. The van der Waals surface area contributed by atoms with Crippen molar-refractivity contribution in [2.75, 3.05) is 26.7 Å². The highest BCUT2D eigenvalue weighted by atomic mass is 16.5. The first-order chi connectivity index (χ1) is 15.5. The number of methoxy groups -OCH3 is 1. The molecule has 0 unspecified atom stereocenters. The number of hydrogen-bond donors (Lipinski definition) is 2. The second kappa shape index (κ2) is 10.6. The smallest absolute Gasteiger partial charge is 0.303 e. The molecule has 174 valence electrons. The predicted octanol–water partition coefficient (Wildman–Crippen LogP) is 4.66. The molecule has 32 heavy (non-hydrogen) atoms. The molecule has 1 aromatic carbocycles. The Bertz CT molecular complexity index is 914. The maximum Gasteiger partial charge on any atom is 0.303 e. The molecule has 4 rings (SSSR count). The third kappa shape index (κ3) is 5.59. The van der Waals surface area contributed by atoms with Crippen LogP contribution in [0.5, 0.6) is 5.75 Å². The van der Waals surface area contributed by atoms with E-state index in [0.717, 1.165) is 60.5 Å². The second-order valence-corrected chi connectivity index (χ2v) is 9.67. The van der Waals surface area contributed by atoms with Crippen molar-refractivity contribution in [3.8, 4) is 5.75 Å². The van der Waals surface area contributed by atoms with E-state index in [2.05, 4.69) is 9.88 Å². The van der Waals surface area contributed by atoms with Gasteiger partial charge in [-0.2, -0.15) is 0 Å². The van der Waals surface area contributed by atoms with Gasteiger partial charge < -0.3 is 19.8 Å². The number of aliphatic carboxylic acids is 1. The van der Waals surface area contributed by atoms with Crippen molar-refractivity contribution in [2.45, 2.75) is 57.5 Å². The van der Waals surface area contributed by atoms with Crippen molar-refractivity contribution in [1.82, 2.24) is 9.88 Å². The van der Waals surface area contributed by atoms with Crippen LogP contribution in [0, 0.1) is 17.8 Å². The van der Waals surface area contributed by atoms with Crippen molar-refractivity contribution in [3.05, 3.63) is 36.0 Å². The number of carboxylic acid groups (broad SMARTS) is 1. The molecule has 1 aliphatic carbocycles. The molecule has 1 aromatic heterocycles. The van der Waals surface area contributed by atoms with E-state index in [1.54, 1.807) is 13.3 Å². The monoisotopic (exact) mass is 440 g/mol. The molecular weight excluding hydrogens is 404 g/mol. The van der Waals surface area contributed by atoms with Crippen LogP contribution in [-0.4, -0.2) is 52.8 Å². The Morgan fingerprint density at radius 2 is 2.06 bits per heavy atom. The number of rotatable bonds is 10. The Morgan fingerprint density at radius 3 is 2.78 bits per heavy atom. The summed E-state index contributed by atoms with van der Waals surface area (Å²) in [6, 6.07) is 7.64. The van der Waals surface area contributed by atoms with Gasteiger partial charge in [0.05, 0.1) is 18.7 Å². The van der Waals surface area contributed by atoms with Gasteiger partial charge in [-0.1, -0.05) is 6.42 Å². The Hall–Kier alpha value is -2.18. The number of benzene rings is 1. The lowest BCUT2D eigenvalue weighted by Gasteiger charge is -2.41. The normalized spacial score (nSPS) is 23.1. The van der Waals surface area contributed by atoms with Gasteiger partial charge >= 0.3 is 5.97 Å². The number of carbonyl (C=O) groups is 1. The number of carboxylic acids is 1. The van der Waals surface area contributed by atoms with Crippen LogP contribution in [0.25, 0.3) is 10.9 Å². The quantitative estimate of drug-likeness (QED) is 0.559. The fraction of sp³-hybridized carbons (Fsp3) is 0.615. The summed E-state index contributed by atoms with van der Waals surface area (Å²) in [6.07, 6.45) is 8.87. The number of aromatic nitrogens is 1. The Kier molecular flexibility index (Phi) is 7.63. The van der Waals surface area contributed by atoms with E-state index in [1.165, 1.54) is 25.8 Å². The van der Waals surface area contributed by atoms with Crippen molar-refractivity contribution in [1.29, 1.82) is 0 Å². The van der Waals surface area contributed by atoms with Crippen molar-refractivity contribution >= 4 is 16.9 Å². The fourth-order valence-electron chi connectivity index (χ4n) is 5.47. The number of aliphatic hydroxyl groups excluding tert-OH is 1. The highest BCUT2D eigenvalue weighted by molar-refractivity contribution is 5.83. The van der Waals surface area contributed by atoms with Gasteiger partial charge in [-0.05, 0) is 92.7 Å². The third-order valence-corrected chi connectivity index (χ3v) is 7.60. The lowest BCUT2D eigenvalue weighted by atomic mass is 9.78.